The van der Waals surface area contributed by atoms with E-state index in [1.54, 1.807) is 6.92 Å². The van der Waals surface area contributed by atoms with Crippen molar-refractivity contribution in [1.29, 1.82) is 0 Å². The van der Waals surface area contributed by atoms with Gasteiger partial charge in [-0.1, -0.05) is 6.92 Å². The summed E-state index contributed by atoms with van der Waals surface area (Å²) < 4.78 is 1.42. The van der Waals surface area contributed by atoms with Crippen LogP contribution >= 0.6 is 0 Å². The maximum atomic E-state index is 11.9. The Bertz CT molecular complexity index is 513. The first-order valence-corrected chi connectivity index (χ1v) is 6.01. The molecule has 9 heteroatoms. The van der Waals surface area contributed by atoms with E-state index in [4.69, 9.17) is 5.11 Å². The van der Waals surface area contributed by atoms with E-state index in [9.17, 15) is 19.7 Å². The molecule has 1 aromatic heterocycles. The normalized spacial score (nSPS) is 11.9. The lowest BCUT2D eigenvalue weighted by Gasteiger charge is -2.23. The summed E-state index contributed by atoms with van der Waals surface area (Å²) in [6.07, 6.45) is 2.85. The van der Waals surface area contributed by atoms with Crippen LogP contribution < -0.4 is 0 Å². The van der Waals surface area contributed by atoms with E-state index in [2.05, 4.69) is 4.98 Å². The van der Waals surface area contributed by atoms with Crippen molar-refractivity contribution in [3.05, 3.63) is 22.6 Å². The predicted octanol–water partition coefficient (Wildman–Crippen LogP) is 0.503. The summed E-state index contributed by atoms with van der Waals surface area (Å²) in [7, 11) is 1.43. The van der Waals surface area contributed by atoms with Crippen LogP contribution in [0.15, 0.2) is 12.5 Å². The van der Waals surface area contributed by atoms with Gasteiger partial charge in [-0.15, -0.1) is 0 Å². The molecule has 0 fully saturated rings. The molecule has 0 radical (unpaired) electrons. The molecule has 0 saturated heterocycles. The number of rotatable bonds is 7. The topological polar surface area (TPSA) is 119 Å². The third-order valence-corrected chi connectivity index (χ3v) is 2.92. The first-order chi connectivity index (χ1) is 9.36. The smallest absolute Gasteiger partial charge is 0.381 e. The zero-order valence-corrected chi connectivity index (χ0v) is 11.2. The van der Waals surface area contributed by atoms with Crippen LogP contribution in [-0.2, 0) is 16.1 Å². The minimum absolute atomic E-state index is 0.0494. The lowest BCUT2D eigenvalue weighted by atomic mass is 10.2. The van der Waals surface area contributed by atoms with Crippen LogP contribution in [0, 0.1) is 10.1 Å². The predicted molar refractivity (Wildman–Crippen MR) is 68.0 cm³/mol. The number of imidazole rings is 1. The zero-order valence-electron chi connectivity index (χ0n) is 11.2. The van der Waals surface area contributed by atoms with Crippen molar-refractivity contribution in [2.45, 2.75) is 32.4 Å². The Labute approximate surface area is 115 Å². The highest BCUT2D eigenvalue weighted by molar-refractivity contribution is 5.83. The molecule has 20 heavy (non-hydrogen) atoms. The van der Waals surface area contributed by atoms with Crippen LogP contribution in [0.2, 0.25) is 0 Å². The molecule has 110 valence electrons. The van der Waals surface area contributed by atoms with Crippen molar-refractivity contribution in [2.75, 3.05) is 7.05 Å². The Balaban J connectivity index is 2.57. The molecule has 1 aromatic rings. The van der Waals surface area contributed by atoms with Gasteiger partial charge < -0.3 is 24.7 Å². The SMILES string of the molecule is CCC(C(=O)O)N(C)C(=O)CCn1cnc([N+](=O)[O-])c1. The number of carboxylic acids is 1. The number of carbonyl (C=O) groups excluding carboxylic acids is 1. The summed E-state index contributed by atoms with van der Waals surface area (Å²) in [5, 5.41) is 19.4. The van der Waals surface area contributed by atoms with E-state index >= 15 is 0 Å². The van der Waals surface area contributed by atoms with Crippen molar-refractivity contribution in [1.82, 2.24) is 14.5 Å². The van der Waals surface area contributed by atoms with Crippen molar-refractivity contribution in [2.24, 2.45) is 0 Å². The molecule has 0 aliphatic heterocycles. The second kappa shape index (κ2) is 6.64. The number of likely N-dealkylation sites (N-methyl/N-ethyl adjacent to an activating group) is 1. The van der Waals surface area contributed by atoms with Crippen LogP contribution in [-0.4, -0.2) is 49.4 Å². The standard InChI is InChI=1S/C11H16N4O5/c1-3-8(11(17)18)13(2)10(16)4-5-14-6-9(12-7-14)15(19)20/h6-8H,3-5H2,1-2H3,(H,17,18). The molecule has 1 N–H and O–H groups in total. The van der Waals surface area contributed by atoms with Gasteiger partial charge >= 0.3 is 11.8 Å². The Kier molecular flexibility index (Phi) is 5.18. The number of aliphatic carboxylic acids is 1. The fourth-order valence-electron chi connectivity index (χ4n) is 1.75. The number of carbonyl (C=O) groups is 2. The fraction of sp³-hybridized carbons (Fsp3) is 0.545. The zero-order chi connectivity index (χ0) is 15.3. The van der Waals surface area contributed by atoms with Crippen LogP contribution in [0.5, 0.6) is 0 Å². The van der Waals surface area contributed by atoms with Gasteiger partial charge in [0, 0.05) is 20.0 Å². The molecule has 0 saturated carbocycles. The van der Waals surface area contributed by atoms with Crippen LogP contribution in [0.3, 0.4) is 0 Å². The van der Waals surface area contributed by atoms with E-state index in [0.717, 1.165) is 0 Å². The highest BCUT2D eigenvalue weighted by Crippen LogP contribution is 2.08. The maximum Gasteiger partial charge on any atom is 0.381 e. The van der Waals surface area contributed by atoms with Crippen molar-refractivity contribution >= 4 is 17.7 Å². The maximum absolute atomic E-state index is 11.9. The minimum atomic E-state index is -1.05. The number of aromatic nitrogens is 2. The molecule has 0 bridgehead atoms. The van der Waals surface area contributed by atoms with Gasteiger partial charge in [0.1, 0.15) is 12.2 Å². The summed E-state index contributed by atoms with van der Waals surface area (Å²) in [6.45, 7) is 1.89. The Morgan fingerprint density at radius 1 is 1.60 bits per heavy atom. The summed E-state index contributed by atoms with van der Waals surface area (Å²) in [5.74, 6) is -1.68. The quantitative estimate of drug-likeness (QED) is 0.575. The Morgan fingerprint density at radius 2 is 2.25 bits per heavy atom. The molecular weight excluding hydrogens is 268 g/mol. The fourth-order valence-corrected chi connectivity index (χ4v) is 1.75. The third-order valence-electron chi connectivity index (χ3n) is 2.92. The van der Waals surface area contributed by atoms with Gasteiger partial charge in [0.25, 0.3) is 0 Å². The summed E-state index contributed by atoms with van der Waals surface area (Å²) >= 11 is 0. The molecule has 9 nitrogen and oxygen atoms in total. The molecule has 1 atom stereocenters. The first kappa shape index (κ1) is 15.6. The number of hydrogen-bond acceptors (Lipinski definition) is 5. The van der Waals surface area contributed by atoms with E-state index in [-0.39, 0.29) is 24.7 Å². The summed E-state index contributed by atoms with van der Waals surface area (Å²) in [5.41, 5.74) is 0. The Morgan fingerprint density at radius 3 is 2.70 bits per heavy atom. The highest BCUT2D eigenvalue weighted by Gasteiger charge is 2.24. The third kappa shape index (κ3) is 3.77. The van der Waals surface area contributed by atoms with Gasteiger partial charge in [0.15, 0.2) is 0 Å². The van der Waals surface area contributed by atoms with E-state index in [0.29, 0.717) is 6.42 Å². The monoisotopic (exact) mass is 284 g/mol. The van der Waals surface area contributed by atoms with Gasteiger partial charge in [0.2, 0.25) is 12.2 Å². The van der Waals surface area contributed by atoms with Gasteiger partial charge in [-0.3, -0.25) is 4.79 Å². The molecule has 0 aliphatic carbocycles. The number of hydrogen-bond donors (Lipinski definition) is 1. The van der Waals surface area contributed by atoms with Gasteiger partial charge in [-0.25, -0.2) is 4.79 Å². The van der Waals surface area contributed by atoms with E-state index in [1.807, 2.05) is 0 Å². The Hall–Kier alpha value is -2.45. The lowest BCUT2D eigenvalue weighted by molar-refractivity contribution is -0.389. The van der Waals surface area contributed by atoms with Crippen LogP contribution in [0.1, 0.15) is 19.8 Å². The molecule has 0 spiro atoms. The van der Waals surface area contributed by atoms with Gasteiger partial charge in [0.05, 0.1) is 0 Å². The molecule has 0 aromatic carbocycles. The van der Waals surface area contributed by atoms with Gasteiger partial charge in [-0.05, 0) is 16.3 Å². The van der Waals surface area contributed by atoms with Crippen LogP contribution in [0.25, 0.3) is 0 Å². The van der Waals surface area contributed by atoms with Crippen LogP contribution in [0.4, 0.5) is 5.82 Å². The van der Waals surface area contributed by atoms with E-state index < -0.39 is 16.9 Å². The molecular formula is C11H16N4O5. The number of carboxylic acid groups (broad SMARTS) is 1. The second-order valence-electron chi connectivity index (χ2n) is 4.24. The lowest BCUT2D eigenvalue weighted by Crippen LogP contribution is -2.42. The van der Waals surface area contributed by atoms with Crippen molar-refractivity contribution in [3.8, 4) is 0 Å². The second-order valence-corrected chi connectivity index (χ2v) is 4.24. The van der Waals surface area contributed by atoms with Gasteiger partial charge in [-0.2, -0.15) is 0 Å². The average molecular weight is 284 g/mol. The number of aryl methyl sites for hydroxylation is 1. The number of nitro groups is 1. The van der Waals surface area contributed by atoms with Crippen molar-refractivity contribution < 1.29 is 19.6 Å². The number of amides is 1. The average Bonchev–Trinajstić information content (AvgIpc) is 2.85. The minimum Gasteiger partial charge on any atom is -0.480 e. The van der Waals surface area contributed by atoms with Crippen molar-refractivity contribution in [3.63, 3.8) is 0 Å². The molecule has 1 heterocycles. The molecule has 0 aliphatic rings. The summed E-state index contributed by atoms with van der Waals surface area (Å²) in [6, 6.07) is -0.861. The molecule has 1 amide bonds. The molecule has 1 rings (SSSR count). The highest BCUT2D eigenvalue weighted by atomic mass is 16.6. The molecule has 1 unspecified atom stereocenters. The summed E-state index contributed by atoms with van der Waals surface area (Å²) in [4.78, 5) is 37.4. The largest absolute Gasteiger partial charge is 0.480 e. The number of nitrogens with zero attached hydrogens (tertiary/aromatic N) is 4. The van der Waals surface area contributed by atoms with E-state index in [1.165, 1.54) is 29.0 Å². The first-order valence-electron chi connectivity index (χ1n) is 6.01.